The van der Waals surface area contributed by atoms with Gasteiger partial charge < -0.3 is 14.8 Å². The van der Waals surface area contributed by atoms with E-state index in [1.54, 1.807) is 12.3 Å². The Balaban J connectivity index is 1.36. The Morgan fingerprint density at radius 1 is 1.34 bits per heavy atom. The maximum atomic E-state index is 13.4. The van der Waals surface area contributed by atoms with Gasteiger partial charge in [-0.2, -0.15) is 0 Å². The number of aliphatic imine (C=N–C) groups is 1. The number of ether oxygens (including phenoxy) is 1. The van der Waals surface area contributed by atoms with Crippen LogP contribution in [-0.4, -0.2) is 44.6 Å². The van der Waals surface area contributed by atoms with E-state index in [4.69, 9.17) is 9.84 Å². The summed E-state index contributed by atoms with van der Waals surface area (Å²) in [5.74, 6) is 0.180. The minimum atomic E-state index is -0.787. The number of rotatable bonds is 8. The number of aliphatic carboxylic acids is 1. The summed E-state index contributed by atoms with van der Waals surface area (Å²) in [5, 5.41) is 8.78. The van der Waals surface area contributed by atoms with Crippen LogP contribution in [0.5, 0.6) is 0 Å². The van der Waals surface area contributed by atoms with Crippen molar-refractivity contribution < 1.29 is 19.0 Å². The maximum absolute atomic E-state index is 13.4. The fraction of sp³-hybridized carbons (Fsp3) is 0.333. The largest absolute Gasteiger partial charge is 0.481 e. The number of carboxylic acids is 1. The Morgan fingerprint density at radius 3 is 2.91 bits per heavy atom. The number of imidazole rings is 1. The van der Waals surface area contributed by atoms with Gasteiger partial charge in [-0.15, -0.1) is 0 Å². The van der Waals surface area contributed by atoms with Crippen molar-refractivity contribution >= 4 is 22.9 Å². The lowest BCUT2D eigenvalue weighted by Gasteiger charge is -2.20. The quantitative estimate of drug-likeness (QED) is 0.525. The predicted molar refractivity (Wildman–Crippen MR) is 120 cm³/mol. The first kappa shape index (κ1) is 21.7. The summed E-state index contributed by atoms with van der Waals surface area (Å²) >= 11 is 0. The lowest BCUT2D eigenvalue weighted by molar-refractivity contribution is -0.137. The van der Waals surface area contributed by atoms with Gasteiger partial charge in [0.25, 0.3) is 0 Å². The zero-order valence-electron chi connectivity index (χ0n) is 17.8. The standard InChI is InChI=1S/C24H25FN4O3/c1-2-18(4-3-5-23(30)31)32-22-11-7-15(13-27-22)19-9-6-16(14-26-19)24-28-20-10-8-17(25)12-21(20)29-24/h6-12,14-15,18H,2-5,13H2,1H3,(H,28,29)(H,30,31). The van der Waals surface area contributed by atoms with Crippen LogP contribution in [0.2, 0.25) is 0 Å². The van der Waals surface area contributed by atoms with Gasteiger partial charge in [-0.1, -0.05) is 13.0 Å². The van der Waals surface area contributed by atoms with E-state index in [1.165, 1.54) is 12.1 Å². The van der Waals surface area contributed by atoms with Crippen LogP contribution >= 0.6 is 0 Å². The molecule has 1 aliphatic rings. The highest BCUT2D eigenvalue weighted by Gasteiger charge is 2.17. The third-order valence-electron chi connectivity index (χ3n) is 5.46. The molecule has 2 atom stereocenters. The van der Waals surface area contributed by atoms with Gasteiger partial charge >= 0.3 is 5.97 Å². The number of benzene rings is 1. The number of aromatic amines is 1. The van der Waals surface area contributed by atoms with Crippen LogP contribution in [-0.2, 0) is 9.53 Å². The first-order valence-corrected chi connectivity index (χ1v) is 10.7. The first-order chi connectivity index (χ1) is 15.5. The highest BCUT2D eigenvalue weighted by atomic mass is 19.1. The van der Waals surface area contributed by atoms with Gasteiger partial charge in [0.2, 0.25) is 5.90 Å². The molecular formula is C24H25FN4O3. The second-order valence-electron chi connectivity index (χ2n) is 7.80. The molecule has 1 aliphatic heterocycles. The van der Waals surface area contributed by atoms with E-state index in [1.807, 2.05) is 31.2 Å². The summed E-state index contributed by atoms with van der Waals surface area (Å²) in [6.45, 7) is 2.55. The molecule has 8 heteroatoms. The second kappa shape index (κ2) is 9.72. The Bertz CT molecular complexity index is 1150. The molecule has 0 aliphatic carbocycles. The monoisotopic (exact) mass is 436 g/mol. The highest BCUT2D eigenvalue weighted by Crippen LogP contribution is 2.24. The van der Waals surface area contributed by atoms with Crippen molar-refractivity contribution in [1.29, 1.82) is 0 Å². The van der Waals surface area contributed by atoms with E-state index >= 15 is 0 Å². The van der Waals surface area contributed by atoms with Gasteiger partial charge in [0.1, 0.15) is 17.7 Å². The number of fused-ring (bicyclic) bond motifs is 1. The van der Waals surface area contributed by atoms with Crippen molar-refractivity contribution in [3.63, 3.8) is 0 Å². The van der Waals surface area contributed by atoms with E-state index in [9.17, 15) is 9.18 Å². The molecule has 0 fully saturated rings. The third-order valence-corrected chi connectivity index (χ3v) is 5.46. The Morgan fingerprint density at radius 2 is 2.22 bits per heavy atom. The number of hydrogen-bond acceptors (Lipinski definition) is 5. The van der Waals surface area contributed by atoms with Gasteiger partial charge in [0.05, 0.1) is 17.6 Å². The number of nitrogens with zero attached hydrogens (tertiary/aromatic N) is 3. The smallest absolute Gasteiger partial charge is 0.303 e. The molecule has 0 saturated heterocycles. The Labute approximate surface area is 185 Å². The molecule has 3 aromatic rings. The number of carbonyl (C=O) groups is 1. The molecule has 1 aromatic carbocycles. The molecule has 166 valence electrons. The van der Waals surface area contributed by atoms with Crippen molar-refractivity contribution in [2.24, 2.45) is 4.99 Å². The summed E-state index contributed by atoms with van der Waals surface area (Å²) in [4.78, 5) is 27.4. The molecule has 0 bridgehead atoms. The van der Waals surface area contributed by atoms with Gasteiger partial charge in [0, 0.05) is 29.8 Å². The zero-order chi connectivity index (χ0) is 22.5. The number of aromatic nitrogens is 3. The minimum absolute atomic E-state index is 0.0380. The summed E-state index contributed by atoms with van der Waals surface area (Å²) in [7, 11) is 0. The van der Waals surface area contributed by atoms with Gasteiger partial charge in [0.15, 0.2) is 0 Å². The van der Waals surface area contributed by atoms with Crippen LogP contribution in [0.4, 0.5) is 4.39 Å². The van der Waals surface area contributed by atoms with E-state index in [0.29, 0.717) is 42.1 Å². The van der Waals surface area contributed by atoms with E-state index in [-0.39, 0.29) is 24.3 Å². The van der Waals surface area contributed by atoms with Crippen LogP contribution in [0.25, 0.3) is 22.4 Å². The molecule has 2 aromatic heterocycles. The molecule has 7 nitrogen and oxygen atoms in total. The zero-order valence-corrected chi connectivity index (χ0v) is 17.8. The van der Waals surface area contributed by atoms with Crippen molar-refractivity contribution in [3.8, 4) is 11.4 Å². The van der Waals surface area contributed by atoms with E-state index in [2.05, 4.69) is 19.9 Å². The number of nitrogens with one attached hydrogen (secondary N) is 1. The molecule has 2 N–H and O–H groups in total. The lowest BCUT2D eigenvalue weighted by Crippen LogP contribution is -2.20. The van der Waals surface area contributed by atoms with Crippen LogP contribution in [0.3, 0.4) is 0 Å². The van der Waals surface area contributed by atoms with Gasteiger partial charge in [-0.3, -0.25) is 14.8 Å². The van der Waals surface area contributed by atoms with Crippen LogP contribution < -0.4 is 0 Å². The van der Waals surface area contributed by atoms with Crippen LogP contribution in [0, 0.1) is 5.82 Å². The van der Waals surface area contributed by atoms with Gasteiger partial charge in [-0.25, -0.2) is 9.37 Å². The summed E-state index contributed by atoms with van der Waals surface area (Å²) in [6.07, 6.45) is 7.83. The molecule has 0 saturated carbocycles. The Kier molecular flexibility index (Phi) is 6.58. The fourth-order valence-electron chi connectivity index (χ4n) is 3.65. The van der Waals surface area contributed by atoms with Crippen molar-refractivity contribution in [1.82, 2.24) is 15.0 Å². The SMILES string of the molecule is CCC(CCCC(=O)O)OC1=NCC(c2ccc(-c3nc4ccc(F)cc4[nH]3)cn2)C=C1. The highest BCUT2D eigenvalue weighted by molar-refractivity contribution is 5.88. The van der Waals surface area contributed by atoms with Crippen LogP contribution in [0.1, 0.15) is 44.2 Å². The van der Waals surface area contributed by atoms with E-state index in [0.717, 1.165) is 17.7 Å². The molecule has 0 radical (unpaired) electrons. The predicted octanol–water partition coefficient (Wildman–Crippen LogP) is 4.87. The third kappa shape index (κ3) is 5.19. The number of H-pyrrole nitrogens is 1. The molecule has 0 amide bonds. The average molecular weight is 436 g/mol. The number of pyridine rings is 1. The van der Waals surface area contributed by atoms with E-state index < -0.39 is 5.97 Å². The molecule has 32 heavy (non-hydrogen) atoms. The minimum Gasteiger partial charge on any atom is -0.481 e. The average Bonchev–Trinajstić information content (AvgIpc) is 3.22. The summed E-state index contributed by atoms with van der Waals surface area (Å²) in [5.41, 5.74) is 3.07. The number of carboxylic acid groups (broad SMARTS) is 1. The molecular weight excluding hydrogens is 411 g/mol. The number of halogens is 1. The summed E-state index contributed by atoms with van der Waals surface area (Å²) < 4.78 is 19.3. The van der Waals surface area contributed by atoms with Gasteiger partial charge in [-0.05, 0) is 55.7 Å². The normalized spacial score (nSPS) is 16.7. The number of dihydropyridines is 1. The lowest BCUT2D eigenvalue weighted by atomic mass is 10.0. The topological polar surface area (TPSA) is 100 Å². The fourth-order valence-corrected chi connectivity index (χ4v) is 3.65. The van der Waals surface area contributed by atoms with Crippen molar-refractivity contribution in [2.45, 2.75) is 44.6 Å². The molecule has 0 spiro atoms. The molecule has 4 rings (SSSR count). The maximum Gasteiger partial charge on any atom is 0.303 e. The molecule has 2 unspecified atom stereocenters. The second-order valence-corrected chi connectivity index (χ2v) is 7.80. The summed E-state index contributed by atoms with van der Waals surface area (Å²) in [6, 6.07) is 8.34. The van der Waals surface area contributed by atoms with Crippen LogP contribution in [0.15, 0.2) is 53.7 Å². The Hall–Kier alpha value is -3.55. The number of hydrogen-bond donors (Lipinski definition) is 2. The van der Waals surface area contributed by atoms with Crippen molar-refractivity contribution in [3.05, 3.63) is 60.2 Å². The van der Waals surface area contributed by atoms with Crippen molar-refractivity contribution in [2.75, 3.05) is 6.54 Å². The first-order valence-electron chi connectivity index (χ1n) is 10.7. The molecule has 3 heterocycles.